The van der Waals surface area contributed by atoms with Crippen LogP contribution in [-0.2, 0) is 17.8 Å². The number of nitrogens with zero attached hydrogens (tertiary/aromatic N) is 2. The molecule has 3 N–H and O–H groups in total. The molecule has 31 heavy (non-hydrogen) atoms. The van der Waals surface area contributed by atoms with Gasteiger partial charge in [0.15, 0.2) is 5.96 Å². The average molecular weight is 431 g/mol. The van der Waals surface area contributed by atoms with Crippen molar-refractivity contribution in [3.05, 3.63) is 35.4 Å². The van der Waals surface area contributed by atoms with Gasteiger partial charge in [-0.2, -0.15) is 0 Å². The normalized spacial score (nSPS) is 22.3. The molecule has 174 valence electrons. The second kappa shape index (κ2) is 12.4. The van der Waals surface area contributed by atoms with Gasteiger partial charge in [0.2, 0.25) is 0 Å². The Balaban J connectivity index is 1.58. The molecule has 6 nitrogen and oxygen atoms in total. The first-order chi connectivity index (χ1) is 15.1. The molecule has 2 fully saturated rings. The van der Waals surface area contributed by atoms with E-state index >= 15 is 0 Å². The van der Waals surface area contributed by atoms with Crippen molar-refractivity contribution >= 4 is 5.96 Å². The van der Waals surface area contributed by atoms with Crippen LogP contribution in [0.3, 0.4) is 0 Å². The zero-order chi connectivity index (χ0) is 21.9. The molecule has 0 aromatic heterocycles. The van der Waals surface area contributed by atoms with Crippen LogP contribution in [0, 0.1) is 5.41 Å². The third-order valence-electron chi connectivity index (χ3n) is 6.67. The van der Waals surface area contributed by atoms with Crippen LogP contribution in [0.1, 0.15) is 63.5 Å². The fourth-order valence-corrected chi connectivity index (χ4v) is 4.96. The lowest BCUT2D eigenvalue weighted by Gasteiger charge is -2.37. The number of aliphatic hydroxyl groups excluding tert-OH is 1. The molecule has 1 saturated heterocycles. The molecule has 0 radical (unpaired) electrons. The van der Waals surface area contributed by atoms with E-state index in [1.807, 2.05) is 0 Å². The number of rotatable bonds is 9. The van der Waals surface area contributed by atoms with Crippen LogP contribution in [0.5, 0.6) is 0 Å². The molecule has 1 heterocycles. The monoisotopic (exact) mass is 430 g/mol. The molecule has 1 aromatic rings. The van der Waals surface area contributed by atoms with E-state index in [0.717, 1.165) is 51.7 Å². The highest BCUT2D eigenvalue weighted by Gasteiger charge is 2.31. The van der Waals surface area contributed by atoms with Gasteiger partial charge in [0, 0.05) is 39.3 Å². The summed E-state index contributed by atoms with van der Waals surface area (Å²) in [7, 11) is 0. The molecule has 6 heteroatoms. The highest BCUT2D eigenvalue weighted by atomic mass is 16.5. The Morgan fingerprint density at radius 2 is 2.03 bits per heavy atom. The van der Waals surface area contributed by atoms with E-state index in [1.165, 1.54) is 43.2 Å². The Morgan fingerprint density at radius 3 is 2.77 bits per heavy atom. The molecule has 3 rings (SSSR count). The van der Waals surface area contributed by atoms with Crippen molar-refractivity contribution in [3.8, 4) is 0 Å². The molecule has 1 aromatic carbocycles. The average Bonchev–Trinajstić information content (AvgIpc) is 2.77. The number of aliphatic imine (C=N–C) groups is 1. The maximum atomic E-state index is 9.58. The van der Waals surface area contributed by atoms with Crippen molar-refractivity contribution in [2.45, 2.75) is 71.6 Å². The predicted molar refractivity (Wildman–Crippen MR) is 127 cm³/mol. The fraction of sp³-hybridized carbons (Fsp3) is 0.720. The Hall–Kier alpha value is -1.63. The van der Waals surface area contributed by atoms with E-state index in [-0.39, 0.29) is 12.0 Å². The third-order valence-corrected chi connectivity index (χ3v) is 6.67. The minimum absolute atomic E-state index is 0.207. The molecular weight excluding hydrogens is 388 g/mol. The van der Waals surface area contributed by atoms with Gasteiger partial charge in [-0.3, -0.25) is 4.90 Å². The van der Waals surface area contributed by atoms with E-state index < -0.39 is 0 Å². The number of guanidine groups is 1. The summed E-state index contributed by atoms with van der Waals surface area (Å²) in [5.41, 5.74) is 2.78. The number of benzene rings is 1. The highest BCUT2D eigenvalue weighted by Crippen LogP contribution is 2.38. The quantitative estimate of drug-likeness (QED) is 0.414. The van der Waals surface area contributed by atoms with Gasteiger partial charge in [-0.05, 0) is 49.7 Å². The van der Waals surface area contributed by atoms with Gasteiger partial charge >= 0.3 is 0 Å². The van der Waals surface area contributed by atoms with Crippen LogP contribution < -0.4 is 10.6 Å². The molecule has 0 spiro atoms. The Morgan fingerprint density at radius 1 is 1.23 bits per heavy atom. The Labute approximate surface area is 188 Å². The topological polar surface area (TPSA) is 69.1 Å². The molecular formula is C25H42N4O2. The van der Waals surface area contributed by atoms with E-state index in [0.29, 0.717) is 12.6 Å². The number of morpholine rings is 1. The van der Waals surface area contributed by atoms with Crippen LogP contribution in [0.2, 0.25) is 0 Å². The maximum absolute atomic E-state index is 9.58. The summed E-state index contributed by atoms with van der Waals surface area (Å²) in [5.74, 6) is 0.873. The summed E-state index contributed by atoms with van der Waals surface area (Å²) >= 11 is 0. The zero-order valence-electron chi connectivity index (χ0n) is 19.5. The van der Waals surface area contributed by atoms with Crippen molar-refractivity contribution in [1.82, 2.24) is 15.5 Å². The van der Waals surface area contributed by atoms with E-state index in [2.05, 4.69) is 53.6 Å². The first-order valence-electron chi connectivity index (χ1n) is 12.2. The summed E-state index contributed by atoms with van der Waals surface area (Å²) < 4.78 is 5.66. The molecule has 1 aliphatic carbocycles. The van der Waals surface area contributed by atoms with Gasteiger partial charge in [0.1, 0.15) is 0 Å². The highest BCUT2D eigenvalue weighted by molar-refractivity contribution is 5.79. The molecule has 1 unspecified atom stereocenters. The largest absolute Gasteiger partial charge is 0.396 e. The Kier molecular flexibility index (Phi) is 9.62. The summed E-state index contributed by atoms with van der Waals surface area (Å²) in [5, 5.41) is 16.5. The number of hydrogen-bond donors (Lipinski definition) is 3. The van der Waals surface area contributed by atoms with Gasteiger partial charge in [-0.15, -0.1) is 0 Å². The summed E-state index contributed by atoms with van der Waals surface area (Å²) in [6.07, 6.45) is 7.44. The van der Waals surface area contributed by atoms with Gasteiger partial charge in [0.05, 0.1) is 19.3 Å². The van der Waals surface area contributed by atoms with Crippen molar-refractivity contribution in [2.75, 3.05) is 39.4 Å². The smallest absolute Gasteiger partial charge is 0.191 e. The first-order valence-corrected chi connectivity index (χ1v) is 12.2. The second-order valence-electron chi connectivity index (χ2n) is 9.32. The lowest BCUT2D eigenvalue weighted by molar-refractivity contribution is -0.0212. The van der Waals surface area contributed by atoms with E-state index in [1.54, 1.807) is 0 Å². The molecule has 0 bridgehead atoms. The SMILES string of the molecule is CCNC(=NCc1cccc(CN2CCOC(C)C2)c1)NCC1(CCO)CCCCC1. The van der Waals surface area contributed by atoms with Crippen LogP contribution >= 0.6 is 0 Å². The van der Waals surface area contributed by atoms with E-state index in [4.69, 9.17) is 9.73 Å². The zero-order valence-corrected chi connectivity index (χ0v) is 19.5. The number of aliphatic hydroxyl groups is 1. The van der Waals surface area contributed by atoms with Crippen molar-refractivity contribution in [1.29, 1.82) is 0 Å². The lowest BCUT2D eigenvalue weighted by Crippen LogP contribution is -2.44. The van der Waals surface area contributed by atoms with Gasteiger partial charge in [0.25, 0.3) is 0 Å². The Bertz CT molecular complexity index is 682. The maximum Gasteiger partial charge on any atom is 0.191 e. The van der Waals surface area contributed by atoms with Crippen molar-refractivity contribution in [2.24, 2.45) is 10.4 Å². The van der Waals surface area contributed by atoms with Crippen molar-refractivity contribution < 1.29 is 9.84 Å². The minimum atomic E-state index is 0.207. The standard InChI is InChI=1S/C25H42N4O2/c1-3-26-24(28-20-25(12-14-30)10-5-4-6-11-25)27-17-22-8-7-9-23(16-22)19-29-13-15-31-21(2)18-29/h7-9,16,21,30H,3-6,10-15,17-20H2,1-2H3,(H2,26,27,28). The molecule has 1 saturated carbocycles. The van der Waals surface area contributed by atoms with Crippen molar-refractivity contribution in [3.63, 3.8) is 0 Å². The third kappa shape index (κ3) is 7.78. The number of nitrogens with one attached hydrogen (secondary N) is 2. The summed E-state index contributed by atoms with van der Waals surface area (Å²) in [4.78, 5) is 7.32. The van der Waals surface area contributed by atoms with Gasteiger partial charge in [-0.1, -0.05) is 43.5 Å². The van der Waals surface area contributed by atoms with Crippen LogP contribution in [0.25, 0.3) is 0 Å². The molecule has 1 aliphatic heterocycles. The molecule has 0 amide bonds. The van der Waals surface area contributed by atoms with Crippen LogP contribution in [0.15, 0.2) is 29.3 Å². The summed E-state index contributed by atoms with van der Waals surface area (Å²) in [6, 6.07) is 8.79. The van der Waals surface area contributed by atoms with E-state index in [9.17, 15) is 5.11 Å². The van der Waals surface area contributed by atoms with Crippen LogP contribution in [-0.4, -0.2) is 61.5 Å². The van der Waals surface area contributed by atoms with Gasteiger partial charge < -0.3 is 20.5 Å². The van der Waals surface area contributed by atoms with Crippen LogP contribution in [0.4, 0.5) is 0 Å². The number of ether oxygens (including phenoxy) is 1. The molecule has 2 aliphatic rings. The molecule has 1 atom stereocenters. The first kappa shape index (κ1) is 24.0. The fourth-order valence-electron chi connectivity index (χ4n) is 4.96. The van der Waals surface area contributed by atoms with Gasteiger partial charge in [-0.25, -0.2) is 4.99 Å². The number of hydrogen-bond acceptors (Lipinski definition) is 4. The summed E-state index contributed by atoms with van der Waals surface area (Å²) in [6.45, 7) is 10.7. The minimum Gasteiger partial charge on any atom is -0.396 e. The lowest BCUT2D eigenvalue weighted by atomic mass is 9.72. The predicted octanol–water partition coefficient (Wildman–Crippen LogP) is 3.30. The second-order valence-corrected chi connectivity index (χ2v) is 9.32.